The summed E-state index contributed by atoms with van der Waals surface area (Å²) in [5, 5.41) is 16.1. The van der Waals surface area contributed by atoms with Crippen LogP contribution in [0.25, 0.3) is 11.4 Å². The average molecular weight is 396 g/mol. The molecule has 2 aromatic heterocycles. The monoisotopic (exact) mass is 396 g/mol. The number of nitrogens with one attached hydrogen (secondary N) is 1. The van der Waals surface area contributed by atoms with Crippen molar-refractivity contribution < 1.29 is 19.4 Å². The molecule has 2 bridgehead atoms. The van der Waals surface area contributed by atoms with E-state index in [1.54, 1.807) is 12.4 Å². The van der Waals surface area contributed by atoms with Crippen LogP contribution in [0.1, 0.15) is 32.1 Å². The van der Waals surface area contributed by atoms with E-state index in [-0.39, 0.29) is 11.8 Å². The van der Waals surface area contributed by atoms with E-state index in [4.69, 9.17) is 4.74 Å². The minimum absolute atomic E-state index is 0.149. The van der Waals surface area contributed by atoms with Gasteiger partial charge in [-0.25, -0.2) is 0 Å². The summed E-state index contributed by atoms with van der Waals surface area (Å²) >= 11 is 0. The molecule has 152 valence electrons. The minimum Gasteiger partial charge on any atom is -0.492 e. The Morgan fingerprint density at radius 1 is 1.24 bits per heavy atom. The second-order valence-corrected chi connectivity index (χ2v) is 8.82. The molecule has 4 fully saturated rings. The Hall–Kier alpha value is -2.90. The molecule has 4 aliphatic rings. The van der Waals surface area contributed by atoms with Crippen molar-refractivity contribution in [2.45, 2.75) is 32.1 Å². The molecule has 2 aromatic rings. The zero-order valence-corrected chi connectivity index (χ0v) is 16.1. The molecule has 6 rings (SSSR count). The summed E-state index contributed by atoms with van der Waals surface area (Å²) in [6, 6.07) is 5.64. The highest BCUT2D eigenvalue weighted by Crippen LogP contribution is 2.74. The second kappa shape index (κ2) is 6.57. The highest BCUT2D eigenvalue weighted by Gasteiger charge is 2.75. The number of H-pyrrole nitrogens is 1. The maximum absolute atomic E-state index is 12.9. The summed E-state index contributed by atoms with van der Waals surface area (Å²) in [6.07, 6.45) is 6.91. The Morgan fingerprint density at radius 2 is 2.07 bits per heavy atom. The van der Waals surface area contributed by atoms with Crippen molar-refractivity contribution in [3.8, 4) is 17.1 Å². The molecule has 3 saturated carbocycles. The lowest BCUT2D eigenvalue weighted by molar-refractivity contribution is -0.227. The van der Waals surface area contributed by atoms with Crippen molar-refractivity contribution in [2.24, 2.45) is 16.7 Å². The minimum atomic E-state index is -0.746. The highest BCUT2D eigenvalue weighted by atomic mass is 16.5. The van der Waals surface area contributed by atoms with Crippen molar-refractivity contribution in [3.05, 3.63) is 30.6 Å². The van der Waals surface area contributed by atoms with Gasteiger partial charge in [-0.2, -0.15) is 5.10 Å². The quantitative estimate of drug-likeness (QED) is 0.776. The number of carboxylic acid groups (broad SMARTS) is 1. The molecule has 1 saturated heterocycles. The number of carbonyl (C=O) groups is 2. The molecule has 8 heteroatoms. The number of carbonyl (C=O) groups excluding carboxylic acids is 1. The van der Waals surface area contributed by atoms with Crippen molar-refractivity contribution in [2.75, 3.05) is 19.7 Å². The molecule has 2 N–H and O–H groups in total. The number of likely N-dealkylation sites (tertiary alicyclic amines) is 1. The molecule has 3 aliphatic carbocycles. The van der Waals surface area contributed by atoms with Crippen molar-refractivity contribution in [3.63, 3.8) is 0 Å². The van der Waals surface area contributed by atoms with E-state index < -0.39 is 16.8 Å². The topological polar surface area (TPSA) is 108 Å². The third kappa shape index (κ3) is 2.97. The molecule has 0 spiro atoms. The third-order valence-corrected chi connectivity index (χ3v) is 6.74. The van der Waals surface area contributed by atoms with E-state index in [9.17, 15) is 14.7 Å². The summed E-state index contributed by atoms with van der Waals surface area (Å²) in [4.78, 5) is 30.6. The first-order valence-corrected chi connectivity index (χ1v) is 10.1. The molecule has 29 heavy (non-hydrogen) atoms. The van der Waals surface area contributed by atoms with Crippen molar-refractivity contribution in [1.82, 2.24) is 20.1 Å². The Kier molecular flexibility index (Phi) is 4.11. The first kappa shape index (κ1) is 18.1. The Bertz CT molecular complexity index is 905. The fraction of sp³-hybridized carbons (Fsp3) is 0.524. The fourth-order valence-corrected chi connectivity index (χ4v) is 5.20. The van der Waals surface area contributed by atoms with Crippen molar-refractivity contribution in [1.29, 1.82) is 0 Å². The number of rotatable bonds is 6. The van der Waals surface area contributed by atoms with Gasteiger partial charge >= 0.3 is 5.97 Å². The van der Waals surface area contributed by atoms with Crippen LogP contribution >= 0.6 is 0 Å². The SMILES string of the molecule is O=C(O)C12CC(C(=O)N3CCC[C@@H](COc4ccc(-c5ccn[nH]5)nc4)C3)(C1)C2. The van der Waals surface area contributed by atoms with Crippen LogP contribution in [-0.4, -0.2) is 56.8 Å². The van der Waals surface area contributed by atoms with E-state index in [0.717, 1.165) is 30.8 Å². The van der Waals surface area contributed by atoms with Gasteiger partial charge in [0.2, 0.25) is 5.91 Å². The van der Waals surface area contributed by atoms with Gasteiger partial charge < -0.3 is 14.7 Å². The van der Waals surface area contributed by atoms with Gasteiger partial charge in [-0.3, -0.25) is 19.7 Å². The van der Waals surface area contributed by atoms with Crippen LogP contribution in [0.3, 0.4) is 0 Å². The molecule has 8 nitrogen and oxygen atoms in total. The van der Waals surface area contributed by atoms with E-state index in [1.165, 1.54) is 0 Å². The maximum Gasteiger partial charge on any atom is 0.309 e. The lowest BCUT2D eigenvalue weighted by atomic mass is 9.34. The van der Waals surface area contributed by atoms with Gasteiger partial charge in [0.25, 0.3) is 0 Å². The number of carboxylic acids is 1. The summed E-state index contributed by atoms with van der Waals surface area (Å²) in [5.41, 5.74) is 0.662. The summed E-state index contributed by atoms with van der Waals surface area (Å²) in [6.45, 7) is 1.98. The molecule has 3 heterocycles. The number of aromatic amines is 1. The van der Waals surface area contributed by atoms with E-state index in [2.05, 4.69) is 15.2 Å². The molecular formula is C21H24N4O4. The smallest absolute Gasteiger partial charge is 0.309 e. The van der Waals surface area contributed by atoms with Crippen LogP contribution in [-0.2, 0) is 9.59 Å². The maximum atomic E-state index is 12.9. The second-order valence-electron chi connectivity index (χ2n) is 8.82. The molecular weight excluding hydrogens is 372 g/mol. The Morgan fingerprint density at radius 3 is 2.72 bits per heavy atom. The Balaban J connectivity index is 1.14. The van der Waals surface area contributed by atoms with Gasteiger partial charge in [0.05, 0.1) is 35.0 Å². The summed E-state index contributed by atoms with van der Waals surface area (Å²) < 4.78 is 5.93. The lowest BCUT2D eigenvalue weighted by Crippen LogP contribution is -2.71. The van der Waals surface area contributed by atoms with Gasteiger partial charge in [-0.1, -0.05) is 0 Å². The van der Waals surface area contributed by atoms with Crippen LogP contribution in [0.15, 0.2) is 30.6 Å². The number of piperidine rings is 1. The molecule has 1 aliphatic heterocycles. The standard InChI is InChI=1S/C21H24N4O4/c26-18(20-11-21(12-20,13-20)19(27)28)25-7-1-2-14(9-25)10-29-15-3-4-16(22-8-15)17-5-6-23-24-17/h3-6,8,14H,1-2,7,9-13H2,(H,23,24)(H,27,28)/t14-,20?,21?/m1/s1. The largest absolute Gasteiger partial charge is 0.492 e. The van der Waals surface area contributed by atoms with E-state index in [1.807, 2.05) is 23.1 Å². The van der Waals surface area contributed by atoms with Gasteiger partial charge in [0.1, 0.15) is 5.75 Å². The van der Waals surface area contributed by atoms with Crippen LogP contribution in [0, 0.1) is 16.7 Å². The third-order valence-electron chi connectivity index (χ3n) is 6.74. The van der Waals surface area contributed by atoms with Crippen LogP contribution in [0.4, 0.5) is 0 Å². The normalized spacial score (nSPS) is 30.2. The molecule has 0 unspecified atom stereocenters. The molecule has 1 amide bonds. The zero-order valence-electron chi connectivity index (χ0n) is 16.1. The Labute approximate surface area is 168 Å². The zero-order chi connectivity index (χ0) is 20.1. The average Bonchev–Trinajstić information content (AvgIpc) is 3.19. The number of hydrogen-bond acceptors (Lipinski definition) is 5. The fourth-order valence-electron chi connectivity index (χ4n) is 5.20. The first-order chi connectivity index (χ1) is 14.0. The van der Waals surface area contributed by atoms with Gasteiger partial charge in [0.15, 0.2) is 0 Å². The number of nitrogens with zero attached hydrogens (tertiary/aromatic N) is 3. The van der Waals surface area contributed by atoms with E-state index in [0.29, 0.717) is 38.2 Å². The van der Waals surface area contributed by atoms with Gasteiger partial charge in [-0.15, -0.1) is 0 Å². The van der Waals surface area contributed by atoms with Crippen LogP contribution < -0.4 is 4.74 Å². The van der Waals surface area contributed by atoms with Crippen LogP contribution in [0.2, 0.25) is 0 Å². The predicted molar refractivity (Wildman–Crippen MR) is 103 cm³/mol. The number of aromatic nitrogens is 3. The summed E-state index contributed by atoms with van der Waals surface area (Å²) in [7, 11) is 0. The predicted octanol–water partition coefficient (Wildman–Crippen LogP) is 2.34. The number of aliphatic carboxylic acids is 1. The highest BCUT2D eigenvalue weighted by molar-refractivity contribution is 5.93. The number of hydrogen-bond donors (Lipinski definition) is 2. The van der Waals surface area contributed by atoms with Crippen LogP contribution in [0.5, 0.6) is 5.75 Å². The van der Waals surface area contributed by atoms with Gasteiger partial charge in [-0.05, 0) is 50.3 Å². The lowest BCUT2D eigenvalue weighted by Gasteiger charge is -2.67. The number of pyridine rings is 1. The molecule has 0 radical (unpaired) electrons. The van der Waals surface area contributed by atoms with Gasteiger partial charge in [0, 0.05) is 25.2 Å². The van der Waals surface area contributed by atoms with E-state index >= 15 is 0 Å². The number of ether oxygens (including phenoxy) is 1. The first-order valence-electron chi connectivity index (χ1n) is 10.1. The van der Waals surface area contributed by atoms with Crippen molar-refractivity contribution >= 4 is 11.9 Å². The molecule has 0 aromatic carbocycles. The summed E-state index contributed by atoms with van der Waals surface area (Å²) in [5.74, 6) is 0.389. The number of amides is 1. The molecule has 1 atom stereocenters.